The number of fused-ring (bicyclic) bond motifs is 7. The highest BCUT2D eigenvalue weighted by atomic mass is 15.2. The van der Waals surface area contributed by atoms with Crippen LogP contribution in [0.2, 0.25) is 0 Å². The number of para-hydroxylation sites is 5. The van der Waals surface area contributed by atoms with Crippen molar-refractivity contribution in [3.63, 3.8) is 0 Å². The minimum atomic E-state index is 0.0351. The smallest absolute Gasteiger partial charge is 0.252 e. The van der Waals surface area contributed by atoms with E-state index in [0.29, 0.717) is 11.3 Å². The second kappa shape index (κ2) is 15.7. The molecule has 2 aliphatic rings. The number of hydrogen-bond donors (Lipinski definition) is 0. The Hall–Kier alpha value is -9.36. The van der Waals surface area contributed by atoms with E-state index in [9.17, 15) is 5.26 Å². The predicted molar refractivity (Wildman–Crippen MR) is 282 cm³/mol. The molecule has 0 N–H and O–H groups in total. The molecule has 0 atom stereocenters. The summed E-state index contributed by atoms with van der Waals surface area (Å²) >= 11 is 0. The summed E-state index contributed by atoms with van der Waals surface area (Å²) in [7, 11) is 0. The lowest BCUT2D eigenvalue weighted by molar-refractivity contribution is 1.18. The van der Waals surface area contributed by atoms with Crippen molar-refractivity contribution in [1.82, 2.24) is 4.57 Å². The molecule has 3 heterocycles. The van der Waals surface area contributed by atoms with E-state index in [1.54, 1.807) is 0 Å². The molecule has 0 aliphatic carbocycles. The molecule has 0 spiro atoms. The highest BCUT2D eigenvalue weighted by Gasteiger charge is 2.43. The summed E-state index contributed by atoms with van der Waals surface area (Å²) in [5.74, 6) is 0. The average molecular weight is 864 g/mol. The van der Waals surface area contributed by atoms with Gasteiger partial charge in [0.05, 0.1) is 34.9 Å². The molecule has 11 aromatic rings. The summed E-state index contributed by atoms with van der Waals surface area (Å²) in [6, 6.07) is 84.2. The lowest BCUT2D eigenvalue weighted by atomic mass is 9.33. The molecular weight excluding hydrogens is 826 g/mol. The van der Waals surface area contributed by atoms with Gasteiger partial charge < -0.3 is 14.4 Å². The molecule has 0 unspecified atom stereocenters. The highest BCUT2D eigenvalue weighted by molar-refractivity contribution is 7.00. The van der Waals surface area contributed by atoms with Crippen molar-refractivity contribution in [3.05, 3.63) is 248 Å². The Labute approximate surface area is 395 Å². The number of aromatic nitrogens is 1. The lowest BCUT2D eigenvalue weighted by Gasteiger charge is -2.44. The molecule has 10 aromatic carbocycles. The zero-order valence-corrected chi connectivity index (χ0v) is 36.8. The largest absolute Gasteiger partial charge is 0.311 e. The van der Waals surface area contributed by atoms with Crippen molar-refractivity contribution in [1.29, 1.82) is 5.26 Å². The third-order valence-corrected chi connectivity index (χ3v) is 13.8. The first kappa shape index (κ1) is 39.0. The third kappa shape index (κ3) is 6.09. The van der Waals surface area contributed by atoms with Crippen molar-refractivity contribution >= 4 is 84.7 Å². The number of rotatable bonds is 6. The van der Waals surface area contributed by atoms with Crippen LogP contribution in [0.3, 0.4) is 0 Å². The Morgan fingerprint density at radius 3 is 1.68 bits per heavy atom. The maximum absolute atomic E-state index is 10.0. The maximum Gasteiger partial charge on any atom is 0.252 e. The molecule has 2 aliphatic heterocycles. The van der Waals surface area contributed by atoms with Crippen LogP contribution in [0.5, 0.6) is 0 Å². The van der Waals surface area contributed by atoms with Gasteiger partial charge in [0, 0.05) is 50.5 Å². The zero-order chi connectivity index (χ0) is 45.3. The van der Waals surface area contributed by atoms with Gasteiger partial charge in [0.15, 0.2) is 5.69 Å². The Morgan fingerprint density at radius 2 is 0.985 bits per heavy atom. The summed E-state index contributed by atoms with van der Waals surface area (Å²) in [5, 5.41) is 12.3. The molecule has 0 amide bonds. The summed E-state index contributed by atoms with van der Waals surface area (Å²) in [6.45, 7) is 7.71. The molecule has 0 saturated carbocycles. The Balaban J connectivity index is 1.06. The topological polar surface area (TPSA) is 39.6 Å². The average Bonchev–Trinajstić information content (AvgIpc) is 3.74. The van der Waals surface area contributed by atoms with Gasteiger partial charge in [-0.2, -0.15) is 5.26 Å². The second-order valence-corrected chi connectivity index (χ2v) is 17.5. The second-order valence-electron chi connectivity index (χ2n) is 17.5. The first-order valence-electron chi connectivity index (χ1n) is 22.9. The van der Waals surface area contributed by atoms with Crippen molar-refractivity contribution in [3.8, 4) is 45.1 Å². The molecule has 0 bridgehead atoms. The van der Waals surface area contributed by atoms with Crippen LogP contribution in [-0.2, 0) is 0 Å². The number of benzene rings is 10. The quantitative estimate of drug-likeness (QED) is 0.123. The minimum Gasteiger partial charge on any atom is -0.311 e. The monoisotopic (exact) mass is 863 g/mol. The number of nitrogens with zero attached hydrogens (tertiary/aromatic N) is 5. The first-order valence-corrected chi connectivity index (χ1v) is 22.9. The van der Waals surface area contributed by atoms with E-state index in [4.69, 9.17) is 6.57 Å². The normalized spacial score (nSPS) is 12.3. The van der Waals surface area contributed by atoms with Crippen molar-refractivity contribution in [2.24, 2.45) is 0 Å². The van der Waals surface area contributed by atoms with E-state index in [-0.39, 0.29) is 6.71 Å². The van der Waals surface area contributed by atoms with Gasteiger partial charge in [-0.15, -0.1) is 0 Å². The van der Waals surface area contributed by atoms with Gasteiger partial charge in [0.2, 0.25) is 0 Å². The van der Waals surface area contributed by atoms with E-state index in [0.717, 1.165) is 83.6 Å². The predicted octanol–water partition coefficient (Wildman–Crippen LogP) is 14.3. The van der Waals surface area contributed by atoms with Gasteiger partial charge in [-0.25, -0.2) is 4.85 Å². The van der Waals surface area contributed by atoms with Crippen molar-refractivity contribution < 1.29 is 0 Å². The van der Waals surface area contributed by atoms with Crippen LogP contribution in [-0.4, -0.2) is 11.3 Å². The zero-order valence-electron chi connectivity index (χ0n) is 36.8. The lowest BCUT2D eigenvalue weighted by Crippen LogP contribution is -2.61. The molecular formula is C62H38BN5. The van der Waals surface area contributed by atoms with Gasteiger partial charge in [0.1, 0.15) is 0 Å². The number of hydrogen-bond acceptors (Lipinski definition) is 3. The molecule has 5 nitrogen and oxygen atoms in total. The van der Waals surface area contributed by atoms with Crippen LogP contribution in [0.25, 0.3) is 65.7 Å². The Bertz CT molecular complexity index is 3800. The van der Waals surface area contributed by atoms with Crippen molar-refractivity contribution in [2.75, 3.05) is 9.80 Å². The van der Waals surface area contributed by atoms with Crippen LogP contribution in [0, 0.1) is 17.9 Å². The third-order valence-electron chi connectivity index (χ3n) is 13.8. The number of anilines is 6. The standard InChI is InChI=1S/C62H38BN5/c1-65-47-19-15-17-42(35-47)43-30-32-56(51(36-43)45-18-14-16-41(34-45)40-64)68-55-27-11-8-24-50(55)52-37-44(31-33-57(52)68)46-38-60-62-61(39-46)67(49-22-6-3-7-23-49)59-29-13-10-26-54(59)63(62)53-25-9-12-28-58(53)66(60)48-20-4-2-5-21-48/h2-39H. The molecule has 1 aromatic heterocycles. The molecule has 13 rings (SSSR count). The van der Waals surface area contributed by atoms with Crippen LogP contribution >= 0.6 is 0 Å². The number of nitriles is 1. The summed E-state index contributed by atoms with van der Waals surface area (Å²) < 4.78 is 2.37. The molecule has 0 fully saturated rings. The SMILES string of the molecule is [C-]#[N+]c1cccc(-c2ccc(-n3c4ccccc4c4cc(-c5cc6c7c(c5)N(c5ccccc5)c5ccccc5B7c5ccccc5N6c5ccccc5)ccc43)c(-c3cccc(C#N)c3)c2)c1. The van der Waals surface area contributed by atoms with Crippen molar-refractivity contribution in [2.45, 2.75) is 0 Å². The summed E-state index contributed by atoms with van der Waals surface area (Å²) in [4.78, 5) is 8.63. The van der Waals surface area contributed by atoms with E-state index >= 15 is 0 Å². The van der Waals surface area contributed by atoms with Crippen LogP contribution in [0.1, 0.15) is 5.56 Å². The first-order chi connectivity index (χ1) is 33.6. The van der Waals surface area contributed by atoms with Gasteiger partial charge in [-0.3, -0.25) is 0 Å². The fraction of sp³-hybridized carbons (Fsp3) is 0. The van der Waals surface area contributed by atoms with Crippen LogP contribution in [0.15, 0.2) is 231 Å². The van der Waals surface area contributed by atoms with Gasteiger partial charge in [-0.1, -0.05) is 133 Å². The Kier molecular flexibility index (Phi) is 9.00. The fourth-order valence-corrected chi connectivity index (χ4v) is 10.8. The molecule has 0 radical (unpaired) electrons. The summed E-state index contributed by atoms with van der Waals surface area (Å²) in [5.41, 5.74) is 21.3. The molecule has 314 valence electrons. The van der Waals surface area contributed by atoms with Crippen LogP contribution < -0.4 is 26.2 Å². The molecule has 68 heavy (non-hydrogen) atoms. The maximum atomic E-state index is 10.0. The fourth-order valence-electron chi connectivity index (χ4n) is 10.8. The van der Waals surface area contributed by atoms with E-state index in [2.05, 4.69) is 213 Å². The van der Waals surface area contributed by atoms with E-state index in [1.165, 1.54) is 27.8 Å². The molecule has 6 heteroatoms. The van der Waals surface area contributed by atoms with Gasteiger partial charge >= 0.3 is 0 Å². The van der Waals surface area contributed by atoms with E-state index < -0.39 is 0 Å². The van der Waals surface area contributed by atoms with Gasteiger partial charge in [-0.05, 0) is 141 Å². The van der Waals surface area contributed by atoms with Crippen LogP contribution in [0.4, 0.5) is 39.8 Å². The summed E-state index contributed by atoms with van der Waals surface area (Å²) in [6.07, 6.45) is 0. The van der Waals surface area contributed by atoms with Gasteiger partial charge in [0.25, 0.3) is 6.71 Å². The Morgan fingerprint density at radius 1 is 0.412 bits per heavy atom. The molecule has 0 saturated heterocycles. The highest BCUT2D eigenvalue weighted by Crippen LogP contribution is 2.47. The van der Waals surface area contributed by atoms with E-state index in [1.807, 2.05) is 42.5 Å². The minimum absolute atomic E-state index is 0.0351.